The van der Waals surface area contributed by atoms with Crippen molar-refractivity contribution in [2.75, 3.05) is 0 Å². The Labute approximate surface area is 358 Å². The van der Waals surface area contributed by atoms with Gasteiger partial charge in [-0.1, -0.05) is 144 Å². The highest BCUT2D eigenvalue weighted by atomic mass is 32.2. The summed E-state index contributed by atoms with van der Waals surface area (Å²) in [6, 6.07) is 43.7. The third kappa shape index (κ3) is 7.17. The van der Waals surface area contributed by atoms with E-state index in [0.717, 1.165) is 82.3 Å². The Morgan fingerprint density at radius 1 is 0.300 bits per heavy atom. The average molecular weight is 861 g/mol. The number of carbonyl (C=O) groups is 4. The maximum absolute atomic E-state index is 11.7. The highest BCUT2D eigenvalue weighted by molar-refractivity contribution is 8.41. The van der Waals surface area contributed by atoms with Crippen molar-refractivity contribution in [3.05, 3.63) is 201 Å². The molecule has 0 bridgehead atoms. The normalized spacial score (nSPS) is 14.1. The molecule has 2 heterocycles. The molecule has 2 aliphatic heterocycles. The Balaban J connectivity index is 1.26. The van der Waals surface area contributed by atoms with Crippen molar-refractivity contribution in [1.29, 1.82) is 0 Å². The SMILES string of the molecule is O=C(O)c1ccc(C2=C(c3ccc(C(=O)O)cc3)SC(=c3c4ccccc4c(=C4SC(c5ccc(C(=O)O)cc5)=C(c5ccc(C(=O)O)cc5)S4)c4ccccc34)S2)cc1. The van der Waals surface area contributed by atoms with E-state index in [4.69, 9.17) is 0 Å². The van der Waals surface area contributed by atoms with Crippen molar-refractivity contribution in [3.63, 3.8) is 0 Å². The zero-order valence-corrected chi connectivity index (χ0v) is 34.2. The van der Waals surface area contributed by atoms with Crippen LogP contribution in [0.25, 0.3) is 49.6 Å². The Hall–Kier alpha value is -6.44. The molecule has 60 heavy (non-hydrogen) atoms. The first-order valence-electron chi connectivity index (χ1n) is 18.3. The average Bonchev–Trinajstić information content (AvgIpc) is 3.91. The van der Waals surface area contributed by atoms with E-state index in [-0.39, 0.29) is 22.3 Å². The van der Waals surface area contributed by atoms with Gasteiger partial charge in [0.25, 0.3) is 0 Å². The largest absolute Gasteiger partial charge is 0.478 e. The van der Waals surface area contributed by atoms with Gasteiger partial charge in [-0.2, -0.15) is 0 Å². The molecule has 0 saturated carbocycles. The molecule has 8 nitrogen and oxygen atoms in total. The summed E-state index contributed by atoms with van der Waals surface area (Å²) in [5.74, 6) is -4.07. The maximum Gasteiger partial charge on any atom is 0.335 e. The summed E-state index contributed by atoms with van der Waals surface area (Å²) >= 11 is 6.40. The minimum Gasteiger partial charge on any atom is -0.478 e. The summed E-state index contributed by atoms with van der Waals surface area (Å²) in [6.07, 6.45) is 0. The number of hydrogen-bond acceptors (Lipinski definition) is 8. The van der Waals surface area contributed by atoms with Crippen LogP contribution in [0.15, 0.2) is 146 Å². The summed E-state index contributed by atoms with van der Waals surface area (Å²) in [5, 5.41) is 44.6. The quantitative estimate of drug-likeness (QED) is 0.108. The molecular weight excluding hydrogens is 833 g/mol. The van der Waals surface area contributed by atoms with Gasteiger partial charge in [-0.15, -0.1) is 0 Å². The molecule has 7 aromatic rings. The van der Waals surface area contributed by atoms with Crippen LogP contribution in [-0.2, 0) is 0 Å². The molecule has 4 N–H and O–H groups in total. The van der Waals surface area contributed by atoms with E-state index in [1.165, 1.54) is 0 Å². The van der Waals surface area contributed by atoms with Crippen LogP contribution in [0.5, 0.6) is 0 Å². The second-order valence-corrected chi connectivity index (χ2v) is 18.3. The minimum absolute atomic E-state index is 0.176. The highest BCUT2D eigenvalue weighted by Crippen LogP contribution is 2.59. The molecular formula is C48H28O8S4. The predicted octanol–water partition coefficient (Wildman–Crippen LogP) is 10.9. The van der Waals surface area contributed by atoms with Crippen LogP contribution in [0.2, 0.25) is 0 Å². The molecule has 2 aliphatic rings. The Bertz CT molecular complexity index is 2750. The van der Waals surface area contributed by atoms with Gasteiger partial charge in [0.2, 0.25) is 0 Å². The van der Waals surface area contributed by atoms with Crippen LogP contribution in [0.3, 0.4) is 0 Å². The zero-order valence-electron chi connectivity index (χ0n) is 30.9. The van der Waals surface area contributed by atoms with Crippen LogP contribution in [-0.4, -0.2) is 44.3 Å². The first-order valence-corrected chi connectivity index (χ1v) is 21.6. The van der Waals surface area contributed by atoms with Gasteiger partial charge in [-0.25, -0.2) is 19.2 Å². The number of fused-ring (bicyclic) bond motifs is 2. The lowest BCUT2D eigenvalue weighted by molar-refractivity contribution is 0.0686. The van der Waals surface area contributed by atoms with Gasteiger partial charge < -0.3 is 20.4 Å². The van der Waals surface area contributed by atoms with Crippen molar-refractivity contribution in [2.45, 2.75) is 0 Å². The van der Waals surface area contributed by atoms with Gasteiger partial charge in [0.1, 0.15) is 0 Å². The summed E-state index contributed by atoms with van der Waals surface area (Å²) in [6.45, 7) is 0. The molecule has 0 radical (unpaired) electrons. The lowest BCUT2D eigenvalue weighted by atomic mass is 9.99. The molecule has 9 rings (SSSR count). The third-order valence-electron chi connectivity index (χ3n) is 10.1. The van der Waals surface area contributed by atoms with Gasteiger partial charge in [0.05, 0.1) is 30.7 Å². The molecule has 7 aromatic carbocycles. The Morgan fingerprint density at radius 2 is 0.500 bits per heavy atom. The fourth-order valence-electron chi connectivity index (χ4n) is 7.19. The molecule has 0 fully saturated rings. The molecule has 0 saturated heterocycles. The fourth-order valence-corrected chi connectivity index (χ4v) is 12.9. The second kappa shape index (κ2) is 16.0. The van der Waals surface area contributed by atoms with E-state index in [0.29, 0.717) is 0 Å². The number of rotatable bonds is 8. The standard InChI is InChI=1S/C48H28O8S4/c49-43(50)29-17-9-25(10-18-29)39-40(26-11-19-30(20-12-26)44(51)52)58-47(57-39)37-33-5-1-2-6-34(33)38(36-8-4-3-7-35(36)37)48-59-41(27-13-21-31(22-14-27)45(53)54)42(60-48)28-15-23-32(24-16-28)46(55)56/h1-24H,(H,49,50)(H,51,52)(H,53,54)(H,55,56). The molecule has 0 amide bonds. The van der Waals surface area contributed by atoms with Gasteiger partial charge in [0, 0.05) is 30.1 Å². The topological polar surface area (TPSA) is 149 Å². The van der Waals surface area contributed by atoms with Crippen molar-refractivity contribution in [3.8, 4) is 0 Å². The lowest BCUT2D eigenvalue weighted by Crippen LogP contribution is -2.16. The third-order valence-corrected chi connectivity index (χ3v) is 15.5. The molecule has 12 heteroatoms. The van der Waals surface area contributed by atoms with Crippen molar-refractivity contribution in [2.24, 2.45) is 0 Å². The summed E-state index contributed by atoms with van der Waals surface area (Å²) < 4.78 is 2.02. The smallest absolute Gasteiger partial charge is 0.335 e. The number of carboxylic acids is 4. The molecule has 0 aromatic heterocycles. The van der Waals surface area contributed by atoms with Gasteiger partial charge in [-0.05, 0) is 92.3 Å². The van der Waals surface area contributed by atoms with Crippen molar-refractivity contribution < 1.29 is 39.6 Å². The Kier molecular flexibility index (Phi) is 10.4. The molecule has 0 spiro atoms. The van der Waals surface area contributed by atoms with Crippen molar-refractivity contribution >= 4 is 121 Å². The molecule has 0 unspecified atom stereocenters. The summed E-state index contributed by atoms with van der Waals surface area (Å²) in [7, 11) is 0. The number of hydrogen-bond donors (Lipinski definition) is 4. The van der Waals surface area contributed by atoms with Crippen LogP contribution in [0.4, 0.5) is 0 Å². The van der Waals surface area contributed by atoms with Gasteiger partial charge in [0.15, 0.2) is 0 Å². The van der Waals surface area contributed by atoms with E-state index in [1.807, 2.05) is 24.3 Å². The number of carboxylic acid groups (broad SMARTS) is 4. The first-order chi connectivity index (χ1) is 29.0. The van der Waals surface area contributed by atoms with E-state index >= 15 is 0 Å². The molecule has 0 atom stereocenters. The zero-order chi connectivity index (χ0) is 41.7. The van der Waals surface area contributed by atoms with Crippen LogP contribution in [0.1, 0.15) is 63.7 Å². The Morgan fingerprint density at radius 3 is 0.683 bits per heavy atom. The molecule has 292 valence electrons. The van der Waals surface area contributed by atoms with Crippen LogP contribution < -0.4 is 10.4 Å². The second-order valence-electron chi connectivity index (χ2n) is 13.7. The highest BCUT2D eigenvalue weighted by Gasteiger charge is 2.29. The van der Waals surface area contributed by atoms with E-state index in [1.54, 1.807) is 144 Å². The van der Waals surface area contributed by atoms with Crippen LogP contribution in [0, 0.1) is 0 Å². The summed E-state index contributed by atoms with van der Waals surface area (Å²) in [5.41, 5.74) is 4.05. The van der Waals surface area contributed by atoms with E-state index in [2.05, 4.69) is 24.3 Å². The van der Waals surface area contributed by atoms with E-state index in [9.17, 15) is 39.6 Å². The summed E-state index contributed by atoms with van der Waals surface area (Å²) in [4.78, 5) is 50.7. The predicted molar refractivity (Wildman–Crippen MR) is 245 cm³/mol. The number of thioether (sulfide) groups is 4. The maximum atomic E-state index is 11.7. The van der Waals surface area contributed by atoms with Gasteiger partial charge >= 0.3 is 23.9 Å². The van der Waals surface area contributed by atoms with E-state index < -0.39 is 23.9 Å². The van der Waals surface area contributed by atoms with Gasteiger partial charge in [-0.3, -0.25) is 0 Å². The minimum atomic E-state index is -1.02. The number of benzene rings is 7. The van der Waals surface area contributed by atoms with Crippen molar-refractivity contribution in [1.82, 2.24) is 0 Å². The monoisotopic (exact) mass is 860 g/mol. The van der Waals surface area contributed by atoms with Crippen LogP contribution >= 0.6 is 47.0 Å². The number of aromatic carboxylic acids is 4. The molecule has 0 aliphatic carbocycles. The fraction of sp³-hybridized carbons (Fsp3) is 0. The lowest BCUT2D eigenvalue weighted by Gasteiger charge is -2.12. The first kappa shape index (κ1) is 39.0.